The molecule has 0 aliphatic carbocycles. The van der Waals surface area contributed by atoms with E-state index in [0.29, 0.717) is 22.5 Å². The molecule has 2 aromatic heterocycles. The van der Waals surface area contributed by atoms with Crippen LogP contribution in [0.4, 0.5) is 18.9 Å². The average molecular weight is 535 g/mol. The van der Waals surface area contributed by atoms with Gasteiger partial charge in [-0.25, -0.2) is 9.50 Å². The standard InChI is InChI=1S/C29H29F3N6O/c1-20-5-6-22(16-21(20)8-10-25-18-33-27-4-3-11-34-38(25)27)28(39)35-24-9-7-23(26(17-24)29(30,31)32)19-37-14-12-36(2)13-15-37/h3-7,9,11,16-18,28,35,39H,12-15,19H2,1-2H3. The van der Waals surface area contributed by atoms with Crippen molar-refractivity contribution >= 4 is 11.3 Å². The second kappa shape index (κ2) is 11.1. The maximum atomic E-state index is 14.0. The van der Waals surface area contributed by atoms with E-state index in [9.17, 15) is 18.3 Å². The Morgan fingerprint density at radius 2 is 1.85 bits per heavy atom. The molecular weight excluding hydrogens is 505 g/mol. The normalized spacial score (nSPS) is 15.6. The van der Waals surface area contributed by atoms with Crippen molar-refractivity contribution in [3.8, 4) is 11.8 Å². The Balaban J connectivity index is 1.34. The van der Waals surface area contributed by atoms with E-state index >= 15 is 0 Å². The van der Waals surface area contributed by atoms with Crippen LogP contribution < -0.4 is 5.32 Å². The summed E-state index contributed by atoms with van der Waals surface area (Å²) >= 11 is 0. The Hall–Kier alpha value is -3.91. The van der Waals surface area contributed by atoms with Gasteiger partial charge in [-0.05, 0) is 61.4 Å². The molecule has 1 fully saturated rings. The lowest BCUT2D eigenvalue weighted by atomic mass is 10.0. The fourth-order valence-electron chi connectivity index (χ4n) is 4.55. The van der Waals surface area contributed by atoms with Crippen LogP contribution in [0.1, 0.15) is 39.7 Å². The van der Waals surface area contributed by atoms with Crippen molar-refractivity contribution in [2.24, 2.45) is 0 Å². The molecule has 1 atom stereocenters. The van der Waals surface area contributed by atoms with Gasteiger partial charge in [0.1, 0.15) is 5.69 Å². The number of nitrogens with zero attached hydrogens (tertiary/aromatic N) is 5. The summed E-state index contributed by atoms with van der Waals surface area (Å²) in [5.74, 6) is 6.16. The third kappa shape index (κ3) is 6.23. The van der Waals surface area contributed by atoms with E-state index in [2.05, 4.69) is 32.1 Å². The topological polar surface area (TPSA) is 68.9 Å². The van der Waals surface area contributed by atoms with Crippen LogP contribution in [-0.4, -0.2) is 62.7 Å². The Kier molecular flexibility index (Phi) is 7.57. The molecule has 0 saturated carbocycles. The Bertz CT molecular complexity index is 1530. The highest BCUT2D eigenvalue weighted by atomic mass is 19.4. The molecule has 2 aromatic carbocycles. The first kappa shape index (κ1) is 26.7. The lowest BCUT2D eigenvalue weighted by molar-refractivity contribution is -0.138. The molecular formula is C29H29F3N6O. The molecule has 0 amide bonds. The van der Waals surface area contributed by atoms with Gasteiger partial charge in [-0.1, -0.05) is 24.1 Å². The third-order valence-electron chi connectivity index (χ3n) is 6.89. The summed E-state index contributed by atoms with van der Waals surface area (Å²) in [4.78, 5) is 8.47. The van der Waals surface area contributed by atoms with E-state index in [1.807, 2.05) is 31.0 Å². The van der Waals surface area contributed by atoms with Crippen molar-refractivity contribution in [1.29, 1.82) is 0 Å². The number of hydrogen-bond donors (Lipinski definition) is 2. The van der Waals surface area contributed by atoms with Gasteiger partial charge < -0.3 is 15.3 Å². The van der Waals surface area contributed by atoms with E-state index in [1.54, 1.807) is 41.2 Å². The zero-order chi connectivity index (χ0) is 27.6. The Morgan fingerprint density at radius 3 is 2.62 bits per heavy atom. The van der Waals surface area contributed by atoms with Gasteiger partial charge in [-0.2, -0.15) is 18.3 Å². The van der Waals surface area contributed by atoms with Crippen LogP contribution in [0.25, 0.3) is 5.65 Å². The van der Waals surface area contributed by atoms with E-state index < -0.39 is 18.0 Å². The summed E-state index contributed by atoms with van der Waals surface area (Å²) in [6.07, 6.45) is -2.45. The van der Waals surface area contributed by atoms with Gasteiger partial charge in [0.15, 0.2) is 11.9 Å². The second-order valence-corrected chi connectivity index (χ2v) is 9.76. The van der Waals surface area contributed by atoms with Crippen LogP contribution >= 0.6 is 0 Å². The largest absolute Gasteiger partial charge is 0.416 e. The monoisotopic (exact) mass is 534 g/mol. The van der Waals surface area contributed by atoms with Crippen LogP contribution in [0.5, 0.6) is 0 Å². The molecule has 0 bridgehead atoms. The molecule has 0 spiro atoms. The van der Waals surface area contributed by atoms with Crippen molar-refractivity contribution in [3.05, 3.63) is 94.4 Å². The zero-order valence-corrected chi connectivity index (χ0v) is 21.7. The quantitative estimate of drug-likeness (QED) is 0.294. The number of hydrogen-bond acceptors (Lipinski definition) is 6. The molecule has 10 heteroatoms. The van der Waals surface area contributed by atoms with Crippen molar-refractivity contribution in [1.82, 2.24) is 24.4 Å². The van der Waals surface area contributed by atoms with Gasteiger partial charge in [0.05, 0.1) is 11.8 Å². The number of aliphatic hydroxyl groups excluding tert-OH is 1. The highest BCUT2D eigenvalue weighted by Gasteiger charge is 2.34. The first-order valence-corrected chi connectivity index (χ1v) is 12.6. The Morgan fingerprint density at radius 1 is 1.05 bits per heavy atom. The van der Waals surface area contributed by atoms with Crippen LogP contribution in [-0.2, 0) is 12.7 Å². The van der Waals surface area contributed by atoms with Gasteiger partial charge in [0.2, 0.25) is 0 Å². The fourth-order valence-corrected chi connectivity index (χ4v) is 4.55. The number of aliphatic hydroxyl groups is 1. The maximum absolute atomic E-state index is 14.0. The van der Waals surface area contributed by atoms with E-state index in [1.165, 1.54) is 6.07 Å². The summed E-state index contributed by atoms with van der Waals surface area (Å²) < 4.78 is 43.5. The number of piperazine rings is 1. The van der Waals surface area contributed by atoms with Crippen LogP contribution in [0, 0.1) is 18.8 Å². The van der Waals surface area contributed by atoms with Crippen molar-refractivity contribution in [2.75, 3.05) is 38.5 Å². The van der Waals surface area contributed by atoms with Gasteiger partial charge in [-0.3, -0.25) is 4.90 Å². The predicted molar refractivity (Wildman–Crippen MR) is 143 cm³/mol. The first-order valence-electron chi connectivity index (χ1n) is 12.6. The number of nitrogens with one attached hydrogen (secondary N) is 1. The number of aryl methyl sites for hydroxylation is 1. The van der Waals surface area contributed by atoms with Crippen LogP contribution in [0.2, 0.25) is 0 Å². The maximum Gasteiger partial charge on any atom is 0.416 e. The number of imidazole rings is 1. The summed E-state index contributed by atoms with van der Waals surface area (Å²) in [6.45, 7) is 5.22. The van der Waals surface area contributed by atoms with E-state index in [-0.39, 0.29) is 17.8 Å². The number of aromatic nitrogens is 3. The fraction of sp³-hybridized carbons (Fsp3) is 0.310. The molecule has 202 valence electrons. The molecule has 39 heavy (non-hydrogen) atoms. The van der Waals surface area contributed by atoms with Crippen LogP contribution in [0.3, 0.4) is 0 Å². The molecule has 0 radical (unpaired) electrons. The highest BCUT2D eigenvalue weighted by Crippen LogP contribution is 2.35. The first-order chi connectivity index (χ1) is 18.7. The van der Waals surface area contributed by atoms with E-state index in [4.69, 9.17) is 0 Å². The van der Waals surface area contributed by atoms with Crippen molar-refractivity contribution in [2.45, 2.75) is 25.9 Å². The minimum atomic E-state index is -4.51. The zero-order valence-electron chi connectivity index (χ0n) is 21.7. The van der Waals surface area contributed by atoms with Gasteiger partial charge in [-0.15, -0.1) is 0 Å². The number of benzene rings is 2. The summed E-state index contributed by atoms with van der Waals surface area (Å²) in [5, 5.41) is 17.9. The molecule has 1 saturated heterocycles. The number of halogens is 3. The van der Waals surface area contributed by atoms with Gasteiger partial charge in [0, 0.05) is 55.7 Å². The number of anilines is 1. The van der Waals surface area contributed by atoms with Crippen LogP contribution in [0.15, 0.2) is 60.9 Å². The Labute approximate surface area is 224 Å². The van der Waals surface area contributed by atoms with Gasteiger partial charge in [0.25, 0.3) is 0 Å². The third-order valence-corrected chi connectivity index (χ3v) is 6.89. The minimum Gasteiger partial charge on any atom is -0.369 e. The predicted octanol–water partition coefficient (Wildman–Crippen LogP) is 4.31. The molecule has 1 unspecified atom stereocenters. The average Bonchev–Trinajstić information content (AvgIpc) is 3.33. The SMILES string of the molecule is Cc1ccc(C(O)Nc2ccc(CN3CCN(C)CC3)c(C(F)(F)F)c2)cc1C#Cc1cnc2cccnn12. The second-order valence-electron chi connectivity index (χ2n) is 9.76. The number of fused-ring (bicyclic) bond motifs is 1. The smallest absolute Gasteiger partial charge is 0.369 e. The van der Waals surface area contributed by atoms with E-state index in [0.717, 1.165) is 37.8 Å². The molecule has 4 aromatic rings. The van der Waals surface area contributed by atoms with Crippen molar-refractivity contribution in [3.63, 3.8) is 0 Å². The lowest BCUT2D eigenvalue weighted by Gasteiger charge is -2.33. The molecule has 3 heterocycles. The van der Waals surface area contributed by atoms with Gasteiger partial charge >= 0.3 is 6.18 Å². The molecule has 1 aliphatic heterocycles. The number of alkyl halides is 3. The molecule has 1 aliphatic rings. The van der Waals surface area contributed by atoms with Crippen molar-refractivity contribution < 1.29 is 18.3 Å². The minimum absolute atomic E-state index is 0.182. The summed E-state index contributed by atoms with van der Waals surface area (Å²) in [5.41, 5.74) is 3.06. The number of rotatable bonds is 5. The summed E-state index contributed by atoms with van der Waals surface area (Å²) in [7, 11) is 2.01. The molecule has 2 N–H and O–H groups in total. The highest BCUT2D eigenvalue weighted by molar-refractivity contribution is 5.53. The molecule has 7 nitrogen and oxygen atoms in total. The molecule has 5 rings (SSSR count). The number of likely N-dealkylation sites (N-methyl/N-ethyl adjacent to an activating group) is 1. The summed E-state index contributed by atoms with van der Waals surface area (Å²) in [6, 6.07) is 13.0. The lowest BCUT2D eigenvalue weighted by Crippen LogP contribution is -2.44.